The maximum Gasteiger partial charge on any atom is 0.410 e. The molecule has 1 N–H and O–H groups in total. The zero-order valence-electron chi connectivity index (χ0n) is 18.6. The van der Waals surface area contributed by atoms with Crippen molar-refractivity contribution in [3.63, 3.8) is 0 Å². The molecule has 166 valence electrons. The molecule has 8 heteroatoms. The Morgan fingerprint density at radius 3 is 2.37 bits per heavy atom. The second-order valence-electron chi connectivity index (χ2n) is 8.51. The Labute approximate surface area is 177 Å². The minimum Gasteiger partial charge on any atom is -0.495 e. The predicted octanol–water partition coefficient (Wildman–Crippen LogP) is 3.52. The number of piperidine rings is 1. The highest BCUT2D eigenvalue weighted by molar-refractivity contribution is 5.96. The lowest BCUT2D eigenvalue weighted by Crippen LogP contribution is -2.43. The van der Waals surface area contributed by atoms with Crippen molar-refractivity contribution in [2.75, 3.05) is 25.5 Å². The lowest BCUT2D eigenvalue weighted by Gasteiger charge is -2.32. The van der Waals surface area contributed by atoms with E-state index in [9.17, 15) is 14.4 Å². The number of methoxy groups -OCH3 is 1. The highest BCUT2D eigenvalue weighted by Gasteiger charge is 2.32. The molecule has 1 aromatic rings. The van der Waals surface area contributed by atoms with Crippen LogP contribution in [0.25, 0.3) is 0 Å². The van der Waals surface area contributed by atoms with Gasteiger partial charge in [0.25, 0.3) is 5.91 Å². The van der Waals surface area contributed by atoms with Gasteiger partial charge in [-0.2, -0.15) is 0 Å². The molecular weight excluding hydrogens is 388 g/mol. The smallest absolute Gasteiger partial charge is 0.410 e. The first kappa shape index (κ1) is 23.5. The Morgan fingerprint density at radius 1 is 1.17 bits per heavy atom. The number of hydrogen-bond acceptors (Lipinski definition) is 6. The average Bonchev–Trinajstić information content (AvgIpc) is 2.66. The molecule has 1 aliphatic heterocycles. The highest BCUT2D eigenvalue weighted by Crippen LogP contribution is 2.26. The largest absolute Gasteiger partial charge is 0.495 e. The van der Waals surface area contributed by atoms with Crippen LogP contribution in [0, 0.1) is 12.8 Å². The fourth-order valence-corrected chi connectivity index (χ4v) is 3.10. The van der Waals surface area contributed by atoms with E-state index in [1.807, 2.05) is 33.8 Å². The van der Waals surface area contributed by atoms with E-state index in [2.05, 4.69) is 5.32 Å². The van der Waals surface area contributed by atoms with Crippen LogP contribution in [-0.4, -0.2) is 54.8 Å². The number of anilines is 1. The maximum atomic E-state index is 12.5. The van der Waals surface area contributed by atoms with Crippen molar-refractivity contribution in [3.8, 4) is 5.75 Å². The summed E-state index contributed by atoms with van der Waals surface area (Å²) in [5, 5.41) is 2.74. The van der Waals surface area contributed by atoms with Gasteiger partial charge in [-0.1, -0.05) is 6.07 Å². The molecule has 0 aliphatic carbocycles. The highest BCUT2D eigenvalue weighted by atomic mass is 16.6. The second kappa shape index (κ2) is 9.82. The number of carbonyl (C=O) groups excluding carboxylic acids is 3. The average molecular weight is 421 g/mol. The van der Waals surface area contributed by atoms with Gasteiger partial charge < -0.3 is 24.4 Å². The number of likely N-dealkylation sites (tertiary alicyclic amines) is 1. The molecule has 8 nitrogen and oxygen atoms in total. The van der Waals surface area contributed by atoms with Gasteiger partial charge in [0.1, 0.15) is 11.4 Å². The summed E-state index contributed by atoms with van der Waals surface area (Å²) in [6.07, 6.45) is -0.392. The first-order valence-electron chi connectivity index (χ1n) is 10.1. The van der Waals surface area contributed by atoms with Gasteiger partial charge in [0.15, 0.2) is 6.10 Å². The quantitative estimate of drug-likeness (QED) is 0.733. The minimum atomic E-state index is -0.952. The molecule has 0 unspecified atom stereocenters. The molecule has 1 aromatic carbocycles. The van der Waals surface area contributed by atoms with Gasteiger partial charge in [-0.25, -0.2) is 4.79 Å². The molecule has 30 heavy (non-hydrogen) atoms. The predicted molar refractivity (Wildman–Crippen MR) is 112 cm³/mol. The fraction of sp³-hybridized carbons (Fsp3) is 0.591. The van der Waals surface area contributed by atoms with Gasteiger partial charge in [0.05, 0.1) is 18.7 Å². The van der Waals surface area contributed by atoms with Crippen molar-refractivity contribution in [2.45, 2.75) is 59.2 Å². The van der Waals surface area contributed by atoms with Crippen LogP contribution in [0.3, 0.4) is 0 Å². The first-order valence-corrected chi connectivity index (χ1v) is 10.1. The Balaban J connectivity index is 1.85. The molecule has 2 rings (SSSR count). The summed E-state index contributed by atoms with van der Waals surface area (Å²) >= 11 is 0. The molecule has 0 bridgehead atoms. The zero-order chi connectivity index (χ0) is 22.5. The van der Waals surface area contributed by atoms with E-state index in [1.54, 1.807) is 17.0 Å². The molecule has 1 heterocycles. The zero-order valence-corrected chi connectivity index (χ0v) is 18.6. The molecule has 1 saturated heterocycles. The first-order chi connectivity index (χ1) is 14.0. The van der Waals surface area contributed by atoms with Crippen molar-refractivity contribution >= 4 is 23.7 Å². The van der Waals surface area contributed by atoms with E-state index < -0.39 is 23.6 Å². The number of aryl methyl sites for hydroxylation is 1. The van der Waals surface area contributed by atoms with Crippen LogP contribution >= 0.6 is 0 Å². The standard InChI is InChI=1S/C22H32N2O6/c1-14-7-8-18(28-6)17(13-14)23-19(25)15(2)29-20(26)16-9-11-24(12-10-16)21(27)30-22(3,4)5/h7-8,13,15-16H,9-12H2,1-6H3,(H,23,25)/t15-/m0/s1. The number of esters is 1. The van der Waals surface area contributed by atoms with E-state index in [1.165, 1.54) is 14.0 Å². The van der Waals surface area contributed by atoms with Crippen molar-refractivity contribution in [1.82, 2.24) is 4.90 Å². The van der Waals surface area contributed by atoms with E-state index in [-0.39, 0.29) is 12.0 Å². The van der Waals surface area contributed by atoms with Gasteiger partial charge >= 0.3 is 12.1 Å². The van der Waals surface area contributed by atoms with Gasteiger partial charge in [0.2, 0.25) is 0 Å². The van der Waals surface area contributed by atoms with Crippen LogP contribution in [0.1, 0.15) is 46.1 Å². The molecule has 1 aliphatic rings. The van der Waals surface area contributed by atoms with E-state index in [4.69, 9.17) is 14.2 Å². The molecule has 0 aromatic heterocycles. The monoisotopic (exact) mass is 420 g/mol. The molecular formula is C22H32N2O6. The summed E-state index contributed by atoms with van der Waals surface area (Å²) in [5.41, 5.74) is 0.930. The number of rotatable bonds is 5. The normalized spacial score (nSPS) is 15.9. The third-order valence-corrected chi connectivity index (χ3v) is 4.75. The number of hydrogen-bond donors (Lipinski definition) is 1. The number of benzene rings is 1. The van der Waals surface area contributed by atoms with Crippen LogP contribution in [0.2, 0.25) is 0 Å². The molecule has 0 radical (unpaired) electrons. The minimum absolute atomic E-state index is 0.354. The van der Waals surface area contributed by atoms with E-state index in [0.29, 0.717) is 37.4 Å². The Hall–Kier alpha value is -2.77. The summed E-state index contributed by atoms with van der Waals surface area (Å²) in [6, 6.07) is 5.43. The number of carbonyl (C=O) groups is 3. The lowest BCUT2D eigenvalue weighted by atomic mass is 9.97. The fourth-order valence-electron chi connectivity index (χ4n) is 3.10. The number of nitrogens with zero attached hydrogens (tertiary/aromatic N) is 1. The number of nitrogens with one attached hydrogen (secondary N) is 1. The Morgan fingerprint density at radius 2 is 1.80 bits per heavy atom. The summed E-state index contributed by atoms with van der Waals surface area (Å²) in [6.45, 7) is 9.70. The van der Waals surface area contributed by atoms with Gasteiger partial charge in [0, 0.05) is 13.1 Å². The van der Waals surface area contributed by atoms with Crippen LogP contribution < -0.4 is 10.1 Å². The molecule has 1 atom stereocenters. The van der Waals surface area contributed by atoms with Gasteiger partial charge in [-0.3, -0.25) is 9.59 Å². The maximum absolute atomic E-state index is 12.5. The van der Waals surface area contributed by atoms with E-state index >= 15 is 0 Å². The molecule has 2 amide bonds. The molecule has 0 saturated carbocycles. The van der Waals surface area contributed by atoms with Crippen LogP contribution in [0.15, 0.2) is 18.2 Å². The summed E-state index contributed by atoms with van der Waals surface area (Å²) in [5.74, 6) is -0.689. The summed E-state index contributed by atoms with van der Waals surface area (Å²) < 4.78 is 16.0. The Bertz CT molecular complexity index is 778. The third-order valence-electron chi connectivity index (χ3n) is 4.75. The number of amides is 2. The van der Waals surface area contributed by atoms with Crippen LogP contribution in [0.4, 0.5) is 10.5 Å². The van der Waals surface area contributed by atoms with Crippen LogP contribution in [-0.2, 0) is 19.1 Å². The van der Waals surface area contributed by atoms with Crippen molar-refractivity contribution in [1.29, 1.82) is 0 Å². The summed E-state index contributed by atoms with van der Waals surface area (Å²) in [4.78, 5) is 38.7. The van der Waals surface area contributed by atoms with Gasteiger partial charge in [-0.15, -0.1) is 0 Å². The topological polar surface area (TPSA) is 94.2 Å². The van der Waals surface area contributed by atoms with Crippen molar-refractivity contribution in [2.24, 2.45) is 5.92 Å². The summed E-state index contributed by atoms with van der Waals surface area (Å²) in [7, 11) is 1.52. The SMILES string of the molecule is COc1ccc(C)cc1NC(=O)[C@H](C)OC(=O)C1CCN(C(=O)OC(C)(C)C)CC1. The lowest BCUT2D eigenvalue weighted by molar-refractivity contribution is -0.158. The van der Waals surface area contributed by atoms with Crippen molar-refractivity contribution < 1.29 is 28.6 Å². The third kappa shape index (κ3) is 6.64. The van der Waals surface area contributed by atoms with E-state index in [0.717, 1.165) is 5.56 Å². The second-order valence-corrected chi connectivity index (χ2v) is 8.51. The molecule has 0 spiro atoms. The van der Waals surface area contributed by atoms with Crippen molar-refractivity contribution in [3.05, 3.63) is 23.8 Å². The van der Waals surface area contributed by atoms with Crippen LogP contribution in [0.5, 0.6) is 5.75 Å². The molecule has 1 fully saturated rings. The number of ether oxygens (including phenoxy) is 3. The van der Waals surface area contributed by atoms with Gasteiger partial charge in [-0.05, 0) is 65.2 Å². The Kier molecular flexibility index (Phi) is 7.70.